The Morgan fingerprint density at radius 2 is 1.43 bits per heavy atom. The number of rotatable bonds is 7. The maximum Gasteiger partial charge on any atom is 0.264 e. The Kier molecular flexibility index (Phi) is 11.8. The Hall–Kier alpha value is -4.11. The van der Waals surface area contributed by atoms with Gasteiger partial charge in [0.15, 0.2) is 5.78 Å². The molecule has 1 aliphatic rings. The molecule has 0 spiro atoms. The van der Waals surface area contributed by atoms with Gasteiger partial charge in [-0.3, -0.25) is 14.0 Å². The molecule has 0 amide bonds. The molecule has 6 rings (SSSR count). The summed E-state index contributed by atoms with van der Waals surface area (Å²) in [4.78, 5) is 39.7. The van der Waals surface area contributed by atoms with Crippen LogP contribution in [0.5, 0.6) is 5.88 Å². The summed E-state index contributed by atoms with van der Waals surface area (Å²) in [5.74, 6) is 1.11. The normalized spacial score (nSPS) is 12.5. The van der Waals surface area contributed by atoms with Gasteiger partial charge >= 0.3 is 0 Å². The number of hydrogen-bond donors (Lipinski definition) is 0. The number of hydrogen-bond acceptors (Lipinski definition) is 7. The summed E-state index contributed by atoms with van der Waals surface area (Å²) in [5.41, 5.74) is 4.92. The van der Waals surface area contributed by atoms with E-state index in [1.54, 1.807) is 35.7 Å². The van der Waals surface area contributed by atoms with Crippen LogP contribution >= 0.6 is 37.2 Å². The number of nitrogens with zero attached hydrogens (tertiary/aromatic N) is 5. The molecule has 1 saturated heterocycles. The Morgan fingerprint density at radius 1 is 0.773 bits per heavy atom. The van der Waals surface area contributed by atoms with Crippen LogP contribution in [0, 0.1) is 13.8 Å². The van der Waals surface area contributed by atoms with E-state index in [1.165, 1.54) is 5.69 Å². The highest BCUT2D eigenvalue weighted by Crippen LogP contribution is 2.21. The Bertz CT molecular complexity index is 1760. The first kappa shape index (κ1) is 34.4. The van der Waals surface area contributed by atoms with Crippen molar-refractivity contribution in [3.8, 4) is 5.88 Å². The lowest BCUT2D eigenvalue weighted by molar-refractivity contribution is 0.103. The summed E-state index contributed by atoms with van der Waals surface area (Å²) in [7, 11) is 0. The van der Waals surface area contributed by atoms with Crippen molar-refractivity contribution < 1.29 is 9.53 Å². The minimum Gasteiger partial charge on any atom is -0.472 e. The molecular formula is C33H34Cl3N5O3. The summed E-state index contributed by atoms with van der Waals surface area (Å²) in [6.45, 7) is 7.43. The second-order valence-electron chi connectivity index (χ2n) is 10.2. The van der Waals surface area contributed by atoms with Crippen LogP contribution in [0.1, 0.15) is 32.7 Å². The van der Waals surface area contributed by atoms with E-state index in [0.29, 0.717) is 28.2 Å². The van der Waals surface area contributed by atoms with Crippen LogP contribution in [0.4, 0.5) is 11.5 Å². The molecule has 0 radical (unpaired) electrons. The zero-order valence-electron chi connectivity index (χ0n) is 24.4. The number of carbonyl (C=O) groups is 1. The van der Waals surface area contributed by atoms with Gasteiger partial charge in [0, 0.05) is 54.9 Å². The predicted octanol–water partition coefficient (Wildman–Crippen LogP) is 6.11. The van der Waals surface area contributed by atoms with Gasteiger partial charge in [0.2, 0.25) is 5.88 Å². The second-order valence-corrected chi connectivity index (χ2v) is 10.2. The quantitative estimate of drug-likeness (QED) is 0.196. The number of anilines is 2. The molecule has 0 N–H and O–H groups in total. The number of halogens is 3. The van der Waals surface area contributed by atoms with Gasteiger partial charge in [-0.25, -0.2) is 4.98 Å². The number of ether oxygens (including phenoxy) is 1. The molecule has 0 aliphatic carbocycles. The predicted molar refractivity (Wildman–Crippen MR) is 182 cm³/mol. The van der Waals surface area contributed by atoms with E-state index in [1.807, 2.05) is 49.4 Å². The minimum absolute atomic E-state index is 0. The second kappa shape index (κ2) is 15.1. The van der Waals surface area contributed by atoms with E-state index in [2.05, 4.69) is 44.0 Å². The molecule has 8 nitrogen and oxygen atoms in total. The lowest BCUT2D eigenvalue weighted by atomic mass is 10.0. The molecule has 4 heterocycles. The first-order chi connectivity index (χ1) is 20.0. The molecule has 44 heavy (non-hydrogen) atoms. The van der Waals surface area contributed by atoms with Crippen molar-refractivity contribution in [3.05, 3.63) is 129 Å². The van der Waals surface area contributed by atoms with E-state index in [0.717, 1.165) is 43.3 Å². The molecule has 0 saturated carbocycles. The Labute approximate surface area is 274 Å². The molecule has 5 aromatic rings. The summed E-state index contributed by atoms with van der Waals surface area (Å²) in [6.07, 6.45) is 1.66. The van der Waals surface area contributed by atoms with Crippen molar-refractivity contribution in [2.24, 2.45) is 0 Å². The fourth-order valence-corrected chi connectivity index (χ4v) is 5.15. The van der Waals surface area contributed by atoms with E-state index in [9.17, 15) is 9.59 Å². The van der Waals surface area contributed by atoms with Crippen LogP contribution in [-0.2, 0) is 6.61 Å². The smallest absolute Gasteiger partial charge is 0.264 e. The topological polar surface area (TPSA) is 80.0 Å². The zero-order chi connectivity index (χ0) is 28.3. The van der Waals surface area contributed by atoms with E-state index in [4.69, 9.17) is 4.74 Å². The molecular weight excluding hydrogens is 621 g/mol. The number of pyridine rings is 2. The van der Waals surface area contributed by atoms with Crippen LogP contribution in [0.2, 0.25) is 0 Å². The first-order valence-corrected chi connectivity index (χ1v) is 13.7. The molecule has 2 aromatic carbocycles. The average Bonchev–Trinajstić information content (AvgIpc) is 3.02. The molecule has 0 bridgehead atoms. The van der Waals surface area contributed by atoms with Crippen LogP contribution in [0.25, 0.3) is 5.65 Å². The van der Waals surface area contributed by atoms with Crippen molar-refractivity contribution in [3.63, 3.8) is 0 Å². The van der Waals surface area contributed by atoms with Crippen molar-refractivity contribution in [1.82, 2.24) is 14.4 Å². The third-order valence-corrected chi connectivity index (χ3v) is 7.55. The fraction of sp³-hybridized carbons (Fsp3) is 0.212. The lowest BCUT2D eigenvalue weighted by Gasteiger charge is -2.36. The van der Waals surface area contributed by atoms with Gasteiger partial charge in [-0.05, 0) is 55.8 Å². The highest BCUT2D eigenvalue weighted by Gasteiger charge is 2.19. The molecule has 0 unspecified atom stereocenters. The number of para-hydroxylation sites is 1. The number of benzene rings is 2. The van der Waals surface area contributed by atoms with Gasteiger partial charge in [-0.1, -0.05) is 48.5 Å². The van der Waals surface area contributed by atoms with Gasteiger partial charge in [-0.15, -0.1) is 37.2 Å². The number of fused-ring (bicyclic) bond motifs is 1. The largest absolute Gasteiger partial charge is 0.472 e. The van der Waals surface area contributed by atoms with Gasteiger partial charge in [0.1, 0.15) is 18.1 Å². The summed E-state index contributed by atoms with van der Waals surface area (Å²) < 4.78 is 7.49. The molecule has 1 aliphatic heterocycles. The summed E-state index contributed by atoms with van der Waals surface area (Å²) >= 11 is 0. The first-order valence-electron chi connectivity index (χ1n) is 13.7. The maximum absolute atomic E-state index is 13.1. The average molecular weight is 655 g/mol. The van der Waals surface area contributed by atoms with E-state index < -0.39 is 0 Å². The number of piperazine rings is 1. The molecule has 11 heteroatoms. The fourth-order valence-electron chi connectivity index (χ4n) is 5.15. The Morgan fingerprint density at radius 3 is 2.09 bits per heavy atom. The number of carbonyl (C=O) groups excluding carboxylic acids is 1. The minimum atomic E-state index is -0.141. The van der Waals surface area contributed by atoms with Crippen molar-refractivity contribution in [2.45, 2.75) is 20.5 Å². The molecule has 230 valence electrons. The standard InChI is InChI=1S/C33H31N5O3.3ClH/c1-23-7-6-10-30-35-32(24(2)33(40)38(23)30)41-22-25-11-13-26(14-12-25)31(39)27-15-16-29(34-21-27)37-19-17-36(18-20-37)28-8-4-3-5-9-28;;;/h3-16,21H,17-20,22H2,1-2H3;3*1H. The molecule has 0 atom stereocenters. The highest BCUT2D eigenvalue weighted by atomic mass is 35.5. The molecule has 1 fully saturated rings. The number of aryl methyl sites for hydroxylation is 1. The molecule has 3 aromatic heterocycles. The maximum atomic E-state index is 13.1. The summed E-state index contributed by atoms with van der Waals surface area (Å²) in [6, 6.07) is 27.0. The zero-order valence-corrected chi connectivity index (χ0v) is 26.8. The number of aromatic nitrogens is 3. The van der Waals surface area contributed by atoms with Crippen molar-refractivity contribution >= 4 is 60.2 Å². The SMILES string of the molecule is Cc1c(OCc2ccc(C(=O)c3ccc(N4CCN(c5ccccc5)CC4)nc3)cc2)nc2cccc(C)n2c1=O.Cl.Cl.Cl. The summed E-state index contributed by atoms with van der Waals surface area (Å²) in [5, 5.41) is 0. The lowest BCUT2D eigenvalue weighted by Crippen LogP contribution is -2.46. The van der Waals surface area contributed by atoms with Crippen LogP contribution in [-0.4, -0.2) is 46.3 Å². The number of ketones is 1. The van der Waals surface area contributed by atoms with Crippen LogP contribution in [0.3, 0.4) is 0 Å². The van der Waals surface area contributed by atoms with E-state index in [-0.39, 0.29) is 55.2 Å². The van der Waals surface area contributed by atoms with E-state index >= 15 is 0 Å². The third-order valence-electron chi connectivity index (χ3n) is 7.55. The van der Waals surface area contributed by atoms with Crippen molar-refractivity contribution in [2.75, 3.05) is 36.0 Å². The Balaban J connectivity index is 0.00000176. The van der Waals surface area contributed by atoms with Crippen LogP contribution < -0.4 is 20.1 Å². The van der Waals surface area contributed by atoms with Gasteiger partial charge < -0.3 is 14.5 Å². The highest BCUT2D eigenvalue weighted by molar-refractivity contribution is 6.08. The van der Waals surface area contributed by atoms with Gasteiger partial charge in [0.25, 0.3) is 5.56 Å². The van der Waals surface area contributed by atoms with Gasteiger partial charge in [0.05, 0.1) is 5.56 Å². The van der Waals surface area contributed by atoms with Gasteiger partial charge in [-0.2, -0.15) is 4.98 Å². The third kappa shape index (κ3) is 7.16. The van der Waals surface area contributed by atoms with Crippen molar-refractivity contribution in [1.29, 1.82) is 0 Å². The monoisotopic (exact) mass is 653 g/mol. The van der Waals surface area contributed by atoms with Crippen LogP contribution in [0.15, 0.2) is 95.9 Å².